The second-order valence-electron chi connectivity index (χ2n) is 3.31. The summed E-state index contributed by atoms with van der Waals surface area (Å²) in [6.07, 6.45) is 0. The molecule has 1 aromatic carbocycles. The monoisotopic (exact) mass is 267 g/mol. The summed E-state index contributed by atoms with van der Waals surface area (Å²) in [5.74, 6) is 1.39. The fourth-order valence-electron chi connectivity index (χ4n) is 1.79. The Hall–Kier alpha value is -1.36. The molecule has 15 heavy (non-hydrogen) atoms. The van der Waals surface area contributed by atoms with E-state index in [-0.39, 0.29) is 17.0 Å². The van der Waals surface area contributed by atoms with Gasteiger partial charge in [-0.1, -0.05) is 18.2 Å². The predicted molar refractivity (Wildman–Crippen MR) is 51.8 cm³/mol. The third-order valence-electron chi connectivity index (χ3n) is 2.44. The summed E-state index contributed by atoms with van der Waals surface area (Å²) in [6, 6.07) is 7.89. The summed E-state index contributed by atoms with van der Waals surface area (Å²) in [4.78, 5) is 0. The molecule has 0 saturated heterocycles. The van der Waals surface area contributed by atoms with Gasteiger partial charge in [-0.15, -0.1) is 0 Å². The zero-order valence-corrected chi connectivity index (χ0v) is 9.57. The molecule has 3 rings (SSSR count). The molecule has 5 heteroatoms. The van der Waals surface area contributed by atoms with Crippen molar-refractivity contribution in [2.24, 2.45) is 0 Å². The van der Waals surface area contributed by atoms with E-state index in [1.54, 1.807) is 0 Å². The quantitative estimate of drug-likeness (QED) is 0.537. The number of nitrogen functional groups attached to an aromatic ring is 1. The highest BCUT2D eigenvalue weighted by molar-refractivity contribution is 5.92. The van der Waals surface area contributed by atoms with Crippen LogP contribution >= 0.6 is 0 Å². The first kappa shape index (κ1) is 10.2. The van der Waals surface area contributed by atoms with Gasteiger partial charge in [0.1, 0.15) is 5.39 Å². The van der Waals surface area contributed by atoms with Crippen LogP contribution in [-0.4, -0.2) is 11.7 Å². The van der Waals surface area contributed by atoms with E-state index in [0.29, 0.717) is 12.4 Å². The molecule has 0 unspecified atom stereocenters. The first-order chi connectivity index (χ1) is 6.86. The smallest absolute Gasteiger partial charge is 0.402 e. The Morgan fingerprint density at radius 3 is 2.80 bits per heavy atom. The van der Waals surface area contributed by atoms with Crippen LogP contribution in [0.2, 0.25) is 0 Å². The van der Waals surface area contributed by atoms with E-state index in [0.717, 1.165) is 23.2 Å². The van der Waals surface area contributed by atoms with Crippen molar-refractivity contribution in [2.75, 3.05) is 12.3 Å². The van der Waals surface area contributed by atoms with E-state index >= 15 is 0 Å². The van der Waals surface area contributed by atoms with Crippen molar-refractivity contribution in [3.05, 3.63) is 24.3 Å². The number of halogens is 1. The van der Waals surface area contributed by atoms with Gasteiger partial charge in [-0.2, -0.15) is 0 Å². The van der Waals surface area contributed by atoms with E-state index in [9.17, 15) is 0 Å². The number of nitrogens with zero attached hydrogens (tertiary/aromatic N) is 2. The topological polar surface area (TPSA) is 52.0 Å². The number of rotatable bonds is 0. The molecule has 0 fully saturated rings. The zero-order chi connectivity index (χ0) is 9.54. The molecule has 78 valence electrons. The normalized spacial score (nSPS) is 13.1. The van der Waals surface area contributed by atoms with Gasteiger partial charge in [0.05, 0.1) is 0 Å². The average Bonchev–Trinajstić information content (AvgIpc) is 2.66. The Kier molecular flexibility index (Phi) is 2.48. The number of nitrogens with two attached hydrogens (primary N) is 1. The van der Waals surface area contributed by atoms with Crippen molar-refractivity contribution in [3.8, 4) is 5.88 Å². The first-order valence-electron chi connectivity index (χ1n) is 4.57. The molecular formula is C10H10BrN3O. The molecule has 1 aromatic heterocycles. The molecule has 0 amide bonds. The summed E-state index contributed by atoms with van der Waals surface area (Å²) in [7, 11) is 0. The lowest BCUT2D eigenvalue weighted by Gasteiger charge is -1.99. The van der Waals surface area contributed by atoms with Crippen LogP contribution in [0.3, 0.4) is 0 Å². The molecule has 1 aliphatic rings. The van der Waals surface area contributed by atoms with Gasteiger partial charge in [-0.05, 0) is 10.7 Å². The molecule has 0 aliphatic carbocycles. The van der Waals surface area contributed by atoms with Gasteiger partial charge < -0.3 is 27.5 Å². The minimum absolute atomic E-state index is 0. The van der Waals surface area contributed by atoms with Crippen LogP contribution in [-0.2, 0) is 6.54 Å². The summed E-state index contributed by atoms with van der Waals surface area (Å²) in [6.45, 7) is 1.46. The van der Waals surface area contributed by atoms with Gasteiger partial charge in [-0.3, -0.25) is 0 Å². The number of aromatic nitrogens is 2. The maximum Gasteiger partial charge on any atom is 0.402 e. The van der Waals surface area contributed by atoms with Crippen LogP contribution in [0.1, 0.15) is 0 Å². The van der Waals surface area contributed by atoms with E-state index < -0.39 is 0 Å². The van der Waals surface area contributed by atoms with Crippen molar-refractivity contribution in [1.29, 1.82) is 0 Å². The lowest BCUT2D eigenvalue weighted by atomic mass is 10.2. The van der Waals surface area contributed by atoms with Gasteiger partial charge in [-0.25, -0.2) is 0 Å². The lowest BCUT2D eigenvalue weighted by molar-refractivity contribution is -0.735. The van der Waals surface area contributed by atoms with Crippen LogP contribution in [0, 0.1) is 0 Å². The van der Waals surface area contributed by atoms with Gasteiger partial charge in [0, 0.05) is 10.5 Å². The summed E-state index contributed by atoms with van der Waals surface area (Å²) in [5, 5.41) is 6.25. The Morgan fingerprint density at radius 2 is 2.00 bits per heavy atom. The number of hydrogen-bond donors (Lipinski definition) is 1. The molecule has 2 aromatic rings. The third-order valence-corrected chi connectivity index (χ3v) is 2.44. The lowest BCUT2D eigenvalue weighted by Crippen LogP contribution is -3.00. The maximum absolute atomic E-state index is 5.84. The van der Waals surface area contributed by atoms with Gasteiger partial charge in [0.15, 0.2) is 12.4 Å². The number of hydrogen-bond acceptors (Lipinski definition) is 3. The molecule has 2 N–H and O–H groups in total. The van der Waals surface area contributed by atoms with Gasteiger partial charge in [0.25, 0.3) is 0 Å². The SMILES string of the molecule is Nc1n[n+]2c(c3ccccc13)OCC2.[Br-]. The fraction of sp³-hybridized carbons (Fsp3) is 0.200. The van der Waals surface area contributed by atoms with E-state index in [4.69, 9.17) is 10.5 Å². The second kappa shape index (κ2) is 3.66. The van der Waals surface area contributed by atoms with Gasteiger partial charge in [0.2, 0.25) is 6.54 Å². The van der Waals surface area contributed by atoms with Crippen molar-refractivity contribution >= 4 is 16.6 Å². The Morgan fingerprint density at radius 1 is 1.27 bits per heavy atom. The molecule has 0 spiro atoms. The van der Waals surface area contributed by atoms with Crippen molar-refractivity contribution in [1.82, 2.24) is 5.10 Å². The number of fused-ring (bicyclic) bond motifs is 3. The van der Waals surface area contributed by atoms with Crippen molar-refractivity contribution in [2.45, 2.75) is 6.54 Å². The van der Waals surface area contributed by atoms with Crippen LogP contribution in [0.5, 0.6) is 5.88 Å². The summed E-state index contributed by atoms with van der Waals surface area (Å²) in [5.41, 5.74) is 5.84. The summed E-state index contributed by atoms with van der Waals surface area (Å²) < 4.78 is 7.33. The molecule has 0 radical (unpaired) electrons. The fourth-order valence-corrected chi connectivity index (χ4v) is 1.79. The van der Waals surface area contributed by atoms with Crippen LogP contribution in [0.15, 0.2) is 24.3 Å². The number of ether oxygens (including phenoxy) is 1. The maximum atomic E-state index is 5.84. The number of anilines is 1. The Balaban J connectivity index is 0.000000853. The molecule has 0 atom stereocenters. The Labute approximate surface area is 97.4 Å². The van der Waals surface area contributed by atoms with Crippen LogP contribution in [0.25, 0.3) is 10.8 Å². The van der Waals surface area contributed by atoms with E-state index in [1.165, 1.54) is 0 Å². The Bertz CT molecular complexity index is 515. The summed E-state index contributed by atoms with van der Waals surface area (Å²) >= 11 is 0. The van der Waals surface area contributed by atoms with Crippen molar-refractivity contribution in [3.63, 3.8) is 0 Å². The van der Waals surface area contributed by atoms with E-state index in [1.807, 2.05) is 28.9 Å². The van der Waals surface area contributed by atoms with E-state index in [2.05, 4.69) is 5.10 Å². The third kappa shape index (κ3) is 1.43. The standard InChI is InChI=1S/C10H10N3O.BrH/c11-9-7-3-1-2-4-8(7)10-13(12-9)5-6-14-10;/h1-4H,5-6H2,(H2,11,12);1H/q+1;/p-1. The molecular weight excluding hydrogens is 258 g/mol. The molecule has 4 nitrogen and oxygen atoms in total. The minimum Gasteiger partial charge on any atom is -1.00 e. The molecule has 2 heterocycles. The minimum atomic E-state index is 0. The molecule has 0 bridgehead atoms. The highest BCUT2D eigenvalue weighted by atomic mass is 79.9. The number of benzene rings is 1. The highest BCUT2D eigenvalue weighted by Crippen LogP contribution is 2.26. The van der Waals surface area contributed by atoms with Gasteiger partial charge >= 0.3 is 5.88 Å². The first-order valence-corrected chi connectivity index (χ1v) is 4.57. The highest BCUT2D eigenvalue weighted by Gasteiger charge is 2.26. The predicted octanol–water partition coefficient (Wildman–Crippen LogP) is -2.50. The van der Waals surface area contributed by atoms with Crippen LogP contribution in [0.4, 0.5) is 5.82 Å². The zero-order valence-electron chi connectivity index (χ0n) is 7.98. The second-order valence-corrected chi connectivity index (χ2v) is 3.31. The molecule has 1 aliphatic heterocycles. The van der Waals surface area contributed by atoms with Crippen LogP contribution < -0.4 is 32.1 Å². The largest absolute Gasteiger partial charge is 1.00 e. The molecule has 0 saturated carbocycles. The van der Waals surface area contributed by atoms with Crippen molar-refractivity contribution < 1.29 is 26.4 Å². The average molecular weight is 268 g/mol.